The third-order valence-electron chi connectivity index (χ3n) is 2.13. The Morgan fingerprint density at radius 2 is 1.75 bits per heavy atom. The topological polar surface area (TPSA) is 52.3 Å². The van der Waals surface area contributed by atoms with Gasteiger partial charge >= 0.3 is 5.97 Å². The molecule has 88 valence electrons. The standard InChI is InChI=1S/C13H19NO2/c1-5-8-11(9-6-2)10(4)13(15)16-12(14)7-3/h5-7,11-12H,1-4,8-9,14H2. The Kier molecular flexibility index (Phi) is 6.88. The van der Waals surface area contributed by atoms with Crippen LogP contribution in [-0.4, -0.2) is 12.2 Å². The highest BCUT2D eigenvalue weighted by molar-refractivity contribution is 5.88. The summed E-state index contributed by atoms with van der Waals surface area (Å²) in [6.45, 7) is 14.4. The Morgan fingerprint density at radius 1 is 1.25 bits per heavy atom. The molecule has 0 spiro atoms. The van der Waals surface area contributed by atoms with Crippen molar-refractivity contribution in [3.8, 4) is 0 Å². The lowest BCUT2D eigenvalue weighted by molar-refractivity contribution is -0.142. The fourth-order valence-electron chi connectivity index (χ4n) is 1.20. The average Bonchev–Trinajstić information content (AvgIpc) is 2.27. The molecule has 0 aromatic heterocycles. The van der Waals surface area contributed by atoms with Crippen molar-refractivity contribution >= 4 is 5.97 Å². The van der Waals surface area contributed by atoms with Crippen molar-refractivity contribution < 1.29 is 9.53 Å². The molecule has 0 aromatic rings. The number of esters is 1. The van der Waals surface area contributed by atoms with E-state index in [1.54, 1.807) is 12.2 Å². The van der Waals surface area contributed by atoms with E-state index in [-0.39, 0.29) is 5.92 Å². The molecule has 0 aliphatic rings. The molecule has 0 bridgehead atoms. The number of carbonyl (C=O) groups excluding carboxylic acids is 1. The summed E-state index contributed by atoms with van der Waals surface area (Å²) in [6.07, 6.45) is 5.34. The summed E-state index contributed by atoms with van der Waals surface area (Å²) in [4.78, 5) is 11.6. The number of ether oxygens (including phenoxy) is 1. The fourth-order valence-corrected chi connectivity index (χ4v) is 1.20. The van der Waals surface area contributed by atoms with Gasteiger partial charge in [-0.3, -0.25) is 5.73 Å². The molecule has 0 fully saturated rings. The van der Waals surface area contributed by atoms with Gasteiger partial charge < -0.3 is 4.74 Å². The summed E-state index contributed by atoms with van der Waals surface area (Å²) < 4.78 is 4.89. The van der Waals surface area contributed by atoms with Crippen molar-refractivity contribution in [3.63, 3.8) is 0 Å². The van der Waals surface area contributed by atoms with E-state index < -0.39 is 12.2 Å². The Morgan fingerprint density at radius 3 is 2.12 bits per heavy atom. The van der Waals surface area contributed by atoms with Gasteiger partial charge in [0.15, 0.2) is 6.23 Å². The second kappa shape index (κ2) is 7.65. The van der Waals surface area contributed by atoms with Gasteiger partial charge in [-0.05, 0) is 24.8 Å². The molecule has 0 radical (unpaired) electrons. The number of nitrogens with two attached hydrogens (primary N) is 1. The zero-order valence-corrected chi connectivity index (χ0v) is 9.52. The zero-order valence-electron chi connectivity index (χ0n) is 9.52. The zero-order chi connectivity index (χ0) is 12.6. The molecular formula is C13H19NO2. The van der Waals surface area contributed by atoms with Gasteiger partial charge in [0.05, 0.1) is 0 Å². The minimum atomic E-state index is -0.794. The normalized spacial score (nSPS) is 11.6. The highest BCUT2D eigenvalue weighted by Crippen LogP contribution is 2.20. The van der Waals surface area contributed by atoms with Gasteiger partial charge in [0.2, 0.25) is 0 Å². The van der Waals surface area contributed by atoms with Crippen molar-refractivity contribution in [2.24, 2.45) is 11.7 Å². The first-order valence-corrected chi connectivity index (χ1v) is 5.06. The second-order valence-corrected chi connectivity index (χ2v) is 3.38. The molecule has 0 aliphatic heterocycles. The van der Waals surface area contributed by atoms with Crippen molar-refractivity contribution in [1.29, 1.82) is 0 Å². The van der Waals surface area contributed by atoms with Crippen LogP contribution in [0.3, 0.4) is 0 Å². The summed E-state index contributed by atoms with van der Waals surface area (Å²) in [7, 11) is 0. The fraction of sp³-hybridized carbons (Fsp3) is 0.308. The van der Waals surface area contributed by atoms with Gasteiger partial charge in [0.25, 0.3) is 0 Å². The van der Waals surface area contributed by atoms with Crippen LogP contribution >= 0.6 is 0 Å². The number of hydrogen-bond acceptors (Lipinski definition) is 3. The Balaban J connectivity index is 4.47. The molecule has 0 aromatic carbocycles. The maximum absolute atomic E-state index is 11.6. The number of carbonyl (C=O) groups is 1. The van der Waals surface area contributed by atoms with E-state index in [9.17, 15) is 4.79 Å². The Hall–Kier alpha value is -1.61. The van der Waals surface area contributed by atoms with Gasteiger partial charge in [0, 0.05) is 5.57 Å². The van der Waals surface area contributed by atoms with Crippen LogP contribution in [0.25, 0.3) is 0 Å². The highest BCUT2D eigenvalue weighted by Gasteiger charge is 2.19. The van der Waals surface area contributed by atoms with E-state index in [0.29, 0.717) is 18.4 Å². The number of allylic oxidation sites excluding steroid dienone is 2. The molecule has 0 aliphatic carbocycles. The Labute approximate surface area is 97.0 Å². The Bertz CT molecular complexity index is 284. The molecular weight excluding hydrogens is 202 g/mol. The lowest BCUT2D eigenvalue weighted by Crippen LogP contribution is -2.26. The van der Waals surface area contributed by atoms with E-state index in [1.807, 2.05) is 0 Å². The second-order valence-electron chi connectivity index (χ2n) is 3.38. The molecule has 3 heteroatoms. The predicted molar refractivity (Wildman–Crippen MR) is 66.5 cm³/mol. The minimum absolute atomic E-state index is 0.0282. The molecule has 0 rings (SSSR count). The van der Waals surface area contributed by atoms with Crippen LogP contribution < -0.4 is 5.73 Å². The van der Waals surface area contributed by atoms with Crippen molar-refractivity contribution in [2.45, 2.75) is 19.1 Å². The van der Waals surface area contributed by atoms with Crippen molar-refractivity contribution in [1.82, 2.24) is 0 Å². The van der Waals surface area contributed by atoms with Gasteiger partial charge in [-0.25, -0.2) is 4.79 Å². The maximum Gasteiger partial charge on any atom is 0.335 e. The quantitative estimate of drug-likeness (QED) is 0.296. The summed E-state index contributed by atoms with van der Waals surface area (Å²) in [5.74, 6) is -0.527. The molecule has 1 unspecified atom stereocenters. The third-order valence-corrected chi connectivity index (χ3v) is 2.13. The molecule has 2 N–H and O–H groups in total. The van der Waals surface area contributed by atoms with E-state index >= 15 is 0 Å². The van der Waals surface area contributed by atoms with Crippen LogP contribution in [0.5, 0.6) is 0 Å². The van der Waals surface area contributed by atoms with Crippen LogP contribution in [0.4, 0.5) is 0 Å². The van der Waals surface area contributed by atoms with E-state index in [2.05, 4.69) is 26.3 Å². The van der Waals surface area contributed by atoms with Crippen LogP contribution in [0.1, 0.15) is 12.8 Å². The summed E-state index contributed by atoms with van der Waals surface area (Å²) in [5, 5.41) is 0. The molecule has 0 amide bonds. The van der Waals surface area contributed by atoms with E-state index in [1.165, 1.54) is 6.08 Å². The maximum atomic E-state index is 11.6. The first-order chi connectivity index (χ1) is 7.56. The predicted octanol–water partition coefficient (Wildman–Crippen LogP) is 2.33. The number of hydrogen-bond donors (Lipinski definition) is 1. The van der Waals surface area contributed by atoms with Gasteiger partial charge in [0.1, 0.15) is 0 Å². The van der Waals surface area contributed by atoms with Gasteiger partial charge in [-0.2, -0.15) is 0 Å². The third kappa shape index (κ3) is 4.75. The first kappa shape index (κ1) is 14.4. The minimum Gasteiger partial charge on any atom is -0.440 e. The van der Waals surface area contributed by atoms with Crippen LogP contribution in [0.15, 0.2) is 50.1 Å². The molecule has 0 saturated carbocycles. The van der Waals surface area contributed by atoms with Crippen LogP contribution in [-0.2, 0) is 9.53 Å². The van der Waals surface area contributed by atoms with Crippen LogP contribution in [0, 0.1) is 5.92 Å². The lowest BCUT2D eigenvalue weighted by Gasteiger charge is -2.16. The molecule has 1 atom stereocenters. The largest absolute Gasteiger partial charge is 0.440 e. The summed E-state index contributed by atoms with van der Waals surface area (Å²) in [5.41, 5.74) is 5.80. The lowest BCUT2D eigenvalue weighted by atomic mass is 9.93. The smallest absolute Gasteiger partial charge is 0.335 e. The summed E-state index contributed by atoms with van der Waals surface area (Å²) >= 11 is 0. The van der Waals surface area contributed by atoms with Crippen molar-refractivity contribution in [2.75, 3.05) is 0 Å². The molecule has 0 saturated heterocycles. The van der Waals surface area contributed by atoms with E-state index in [0.717, 1.165) is 0 Å². The monoisotopic (exact) mass is 221 g/mol. The van der Waals surface area contributed by atoms with Crippen molar-refractivity contribution in [3.05, 3.63) is 50.1 Å². The average molecular weight is 221 g/mol. The summed E-state index contributed by atoms with van der Waals surface area (Å²) in [6, 6.07) is 0. The molecule has 3 nitrogen and oxygen atoms in total. The first-order valence-electron chi connectivity index (χ1n) is 5.06. The molecule has 16 heavy (non-hydrogen) atoms. The molecule has 0 heterocycles. The van der Waals surface area contributed by atoms with Gasteiger partial charge in [-0.15, -0.1) is 13.2 Å². The highest BCUT2D eigenvalue weighted by atomic mass is 16.6. The van der Waals surface area contributed by atoms with Crippen LogP contribution in [0.2, 0.25) is 0 Å². The van der Waals surface area contributed by atoms with Gasteiger partial charge in [-0.1, -0.05) is 25.3 Å². The SMILES string of the molecule is C=CCC(CC=C)C(=C)C(=O)OC(N)C=C. The number of rotatable bonds is 8. The van der Waals surface area contributed by atoms with E-state index in [4.69, 9.17) is 10.5 Å².